The van der Waals surface area contributed by atoms with E-state index in [4.69, 9.17) is 0 Å². The quantitative estimate of drug-likeness (QED) is 0.910. The molecule has 1 aliphatic carbocycles. The van der Waals surface area contributed by atoms with Gasteiger partial charge in [0, 0.05) is 38.4 Å². The standard InChI is InChI=1S/C15H24N4O.2ClH/c1-18(9-11-8-16-19(2)10-11)15(20)14-7-12-5-3-4-6-13(12)17-14;;/h8,10,12-14,17H,3-7,9H2,1-2H3;2*1H. The average molecular weight is 349 g/mol. The van der Waals surface area contributed by atoms with Crippen molar-refractivity contribution in [3.63, 3.8) is 0 Å². The lowest BCUT2D eigenvalue weighted by Gasteiger charge is -2.24. The first kappa shape index (κ1) is 19.3. The summed E-state index contributed by atoms with van der Waals surface area (Å²) >= 11 is 0. The minimum Gasteiger partial charge on any atom is -0.340 e. The number of aryl methyl sites for hydroxylation is 1. The summed E-state index contributed by atoms with van der Waals surface area (Å²) in [5, 5.41) is 7.70. The molecule has 1 N–H and O–H groups in total. The largest absolute Gasteiger partial charge is 0.340 e. The summed E-state index contributed by atoms with van der Waals surface area (Å²) in [6.07, 6.45) is 9.96. The zero-order chi connectivity index (χ0) is 14.1. The summed E-state index contributed by atoms with van der Waals surface area (Å²) in [4.78, 5) is 14.4. The molecule has 3 rings (SSSR count). The second kappa shape index (κ2) is 8.18. The van der Waals surface area contributed by atoms with Crippen LogP contribution < -0.4 is 5.32 Å². The molecule has 3 atom stereocenters. The molecular formula is C15H26Cl2N4O. The van der Waals surface area contributed by atoms with Crippen molar-refractivity contribution in [1.29, 1.82) is 0 Å². The minimum atomic E-state index is 0. The first-order valence-corrected chi connectivity index (χ1v) is 7.62. The van der Waals surface area contributed by atoms with E-state index in [0.29, 0.717) is 18.5 Å². The number of carbonyl (C=O) groups excluding carboxylic acids is 1. The molecule has 7 heteroatoms. The van der Waals surface area contributed by atoms with Gasteiger partial charge in [-0.3, -0.25) is 9.48 Å². The molecule has 126 valence electrons. The SMILES string of the molecule is CN(Cc1cnn(C)c1)C(=O)C1CC2CCCCC2N1.Cl.Cl. The van der Waals surface area contributed by atoms with E-state index >= 15 is 0 Å². The molecule has 1 aromatic rings. The maximum atomic E-state index is 12.5. The monoisotopic (exact) mass is 348 g/mol. The Bertz CT molecular complexity index is 480. The smallest absolute Gasteiger partial charge is 0.239 e. The van der Waals surface area contributed by atoms with Crippen molar-refractivity contribution in [2.45, 2.75) is 50.7 Å². The third-order valence-electron chi connectivity index (χ3n) is 4.72. The first-order chi connectivity index (χ1) is 9.63. The Kier molecular flexibility index (Phi) is 7.16. The molecule has 0 spiro atoms. The second-order valence-corrected chi connectivity index (χ2v) is 6.32. The number of halogens is 2. The van der Waals surface area contributed by atoms with E-state index in [1.807, 2.05) is 31.4 Å². The highest BCUT2D eigenvalue weighted by Gasteiger charge is 2.39. The highest BCUT2D eigenvalue weighted by Crippen LogP contribution is 2.33. The van der Waals surface area contributed by atoms with Gasteiger partial charge in [-0.1, -0.05) is 12.8 Å². The zero-order valence-electron chi connectivity index (χ0n) is 13.2. The molecule has 0 aromatic carbocycles. The van der Waals surface area contributed by atoms with Crippen LogP contribution in [0.15, 0.2) is 12.4 Å². The van der Waals surface area contributed by atoms with Crippen LogP contribution >= 0.6 is 24.8 Å². The van der Waals surface area contributed by atoms with Crippen molar-refractivity contribution in [3.05, 3.63) is 18.0 Å². The fraction of sp³-hybridized carbons (Fsp3) is 0.733. The number of likely N-dealkylation sites (N-methyl/N-ethyl adjacent to an activating group) is 1. The Morgan fingerprint density at radius 2 is 2.14 bits per heavy atom. The number of nitrogens with one attached hydrogen (secondary N) is 1. The van der Waals surface area contributed by atoms with Crippen LogP contribution in [0.3, 0.4) is 0 Å². The molecule has 1 aromatic heterocycles. The first-order valence-electron chi connectivity index (χ1n) is 7.62. The molecule has 1 saturated heterocycles. The van der Waals surface area contributed by atoms with Crippen LogP contribution in [0.5, 0.6) is 0 Å². The number of rotatable bonds is 3. The third kappa shape index (κ3) is 4.15. The summed E-state index contributed by atoms with van der Waals surface area (Å²) in [6.45, 7) is 0.639. The van der Waals surface area contributed by atoms with E-state index in [1.54, 1.807) is 4.68 Å². The highest BCUT2D eigenvalue weighted by molar-refractivity contribution is 5.85. The fourth-order valence-electron chi connectivity index (χ4n) is 3.68. The predicted molar refractivity (Wildman–Crippen MR) is 91.5 cm³/mol. The molecule has 1 saturated carbocycles. The van der Waals surface area contributed by atoms with Gasteiger partial charge in [0.15, 0.2) is 0 Å². The Morgan fingerprint density at radius 3 is 2.77 bits per heavy atom. The lowest BCUT2D eigenvalue weighted by Crippen LogP contribution is -2.43. The van der Waals surface area contributed by atoms with Gasteiger partial charge in [-0.15, -0.1) is 24.8 Å². The molecule has 2 aliphatic rings. The van der Waals surface area contributed by atoms with Crippen LogP contribution in [0.2, 0.25) is 0 Å². The lowest BCUT2D eigenvalue weighted by atomic mass is 9.85. The minimum absolute atomic E-state index is 0. The molecule has 3 unspecified atom stereocenters. The van der Waals surface area contributed by atoms with E-state index < -0.39 is 0 Å². The molecule has 0 radical (unpaired) electrons. The Balaban J connectivity index is 0.00000121. The Morgan fingerprint density at radius 1 is 1.41 bits per heavy atom. The summed E-state index contributed by atoms with van der Waals surface area (Å²) < 4.78 is 1.77. The van der Waals surface area contributed by atoms with E-state index in [9.17, 15) is 4.79 Å². The van der Waals surface area contributed by atoms with Crippen LogP contribution in [0.4, 0.5) is 0 Å². The van der Waals surface area contributed by atoms with Gasteiger partial charge in [-0.25, -0.2) is 0 Å². The van der Waals surface area contributed by atoms with E-state index in [0.717, 1.165) is 12.0 Å². The number of aromatic nitrogens is 2. The van der Waals surface area contributed by atoms with Crippen molar-refractivity contribution in [2.24, 2.45) is 13.0 Å². The number of carbonyl (C=O) groups is 1. The number of amides is 1. The number of nitrogens with zero attached hydrogens (tertiary/aromatic N) is 3. The molecule has 1 amide bonds. The Labute approximate surface area is 144 Å². The lowest BCUT2D eigenvalue weighted by molar-refractivity contribution is -0.132. The van der Waals surface area contributed by atoms with Gasteiger partial charge in [0.05, 0.1) is 12.2 Å². The van der Waals surface area contributed by atoms with Crippen LogP contribution in [0, 0.1) is 5.92 Å². The summed E-state index contributed by atoms with van der Waals surface area (Å²) in [7, 11) is 3.79. The molecule has 1 aliphatic heterocycles. The third-order valence-corrected chi connectivity index (χ3v) is 4.72. The maximum Gasteiger partial charge on any atom is 0.239 e. The van der Waals surface area contributed by atoms with Crippen LogP contribution in [-0.2, 0) is 18.4 Å². The maximum absolute atomic E-state index is 12.5. The topological polar surface area (TPSA) is 50.2 Å². The fourth-order valence-corrected chi connectivity index (χ4v) is 3.68. The molecule has 0 bridgehead atoms. The van der Waals surface area contributed by atoms with Crippen LogP contribution in [0.1, 0.15) is 37.7 Å². The van der Waals surface area contributed by atoms with E-state index in [2.05, 4.69) is 10.4 Å². The van der Waals surface area contributed by atoms with Gasteiger partial charge < -0.3 is 10.2 Å². The Hall–Kier alpha value is -0.780. The summed E-state index contributed by atoms with van der Waals surface area (Å²) in [5.41, 5.74) is 1.08. The van der Waals surface area contributed by atoms with Crippen molar-refractivity contribution >= 4 is 30.7 Å². The van der Waals surface area contributed by atoms with E-state index in [1.165, 1.54) is 25.7 Å². The van der Waals surface area contributed by atoms with Crippen molar-refractivity contribution in [2.75, 3.05) is 7.05 Å². The van der Waals surface area contributed by atoms with Crippen LogP contribution in [-0.4, -0.2) is 39.7 Å². The van der Waals surface area contributed by atoms with Gasteiger partial charge >= 0.3 is 0 Å². The highest BCUT2D eigenvalue weighted by atomic mass is 35.5. The van der Waals surface area contributed by atoms with E-state index in [-0.39, 0.29) is 36.8 Å². The number of hydrogen-bond donors (Lipinski definition) is 1. The summed E-state index contributed by atoms with van der Waals surface area (Å²) in [5.74, 6) is 0.938. The molecule has 22 heavy (non-hydrogen) atoms. The number of hydrogen-bond acceptors (Lipinski definition) is 3. The van der Waals surface area contributed by atoms with Gasteiger partial charge in [0.2, 0.25) is 5.91 Å². The zero-order valence-corrected chi connectivity index (χ0v) is 14.8. The second-order valence-electron chi connectivity index (χ2n) is 6.32. The molecule has 2 heterocycles. The van der Waals surface area contributed by atoms with Crippen LogP contribution in [0.25, 0.3) is 0 Å². The predicted octanol–water partition coefficient (Wildman–Crippen LogP) is 2.14. The van der Waals surface area contributed by atoms with Crippen molar-refractivity contribution in [3.8, 4) is 0 Å². The molecular weight excluding hydrogens is 323 g/mol. The van der Waals surface area contributed by atoms with Crippen molar-refractivity contribution in [1.82, 2.24) is 20.0 Å². The normalized spacial score (nSPS) is 26.5. The van der Waals surface area contributed by atoms with Gasteiger partial charge in [-0.2, -0.15) is 5.10 Å². The number of fused-ring (bicyclic) bond motifs is 1. The molecule has 2 fully saturated rings. The average Bonchev–Trinajstić information content (AvgIpc) is 3.03. The van der Waals surface area contributed by atoms with Crippen molar-refractivity contribution < 1.29 is 4.79 Å². The van der Waals surface area contributed by atoms with Gasteiger partial charge in [0.25, 0.3) is 0 Å². The van der Waals surface area contributed by atoms with Gasteiger partial charge in [0.1, 0.15) is 0 Å². The summed E-state index contributed by atoms with van der Waals surface area (Å²) in [6, 6.07) is 0.592. The van der Waals surface area contributed by atoms with Gasteiger partial charge in [-0.05, 0) is 25.2 Å². The molecule has 5 nitrogen and oxygen atoms in total.